The number of carbonyl (C=O) groups is 2. The van der Waals surface area contributed by atoms with E-state index in [0.717, 1.165) is 22.4 Å². The summed E-state index contributed by atoms with van der Waals surface area (Å²) in [5.74, 6) is -0.322. The van der Waals surface area contributed by atoms with Crippen LogP contribution in [0.1, 0.15) is 33.3 Å². The Morgan fingerprint density at radius 1 is 0.843 bits per heavy atom. The van der Waals surface area contributed by atoms with E-state index in [2.05, 4.69) is 20.3 Å². The van der Waals surface area contributed by atoms with Gasteiger partial charge in [0.2, 0.25) is 0 Å². The molecule has 258 valence electrons. The van der Waals surface area contributed by atoms with Gasteiger partial charge in [0.15, 0.2) is 17.0 Å². The predicted molar refractivity (Wildman–Crippen MR) is 189 cm³/mol. The van der Waals surface area contributed by atoms with Crippen LogP contribution in [0.2, 0.25) is 0 Å². The van der Waals surface area contributed by atoms with Crippen LogP contribution in [0.3, 0.4) is 0 Å². The minimum absolute atomic E-state index is 0.114. The average molecular weight is 685 g/mol. The maximum absolute atomic E-state index is 12.9. The molecule has 7 rings (SSSR count). The van der Waals surface area contributed by atoms with Gasteiger partial charge in [-0.1, -0.05) is 91.0 Å². The van der Waals surface area contributed by atoms with E-state index in [9.17, 15) is 14.7 Å². The summed E-state index contributed by atoms with van der Waals surface area (Å²) in [7, 11) is 1.63. The highest BCUT2D eigenvalue weighted by atomic mass is 16.6. The van der Waals surface area contributed by atoms with Gasteiger partial charge < -0.3 is 24.6 Å². The molecule has 1 aliphatic rings. The van der Waals surface area contributed by atoms with Gasteiger partial charge in [0, 0.05) is 18.7 Å². The van der Waals surface area contributed by atoms with E-state index < -0.39 is 23.9 Å². The highest BCUT2D eigenvalue weighted by Crippen LogP contribution is 2.41. The maximum Gasteiger partial charge on any atom is 0.317 e. The summed E-state index contributed by atoms with van der Waals surface area (Å²) < 4.78 is 21.0. The molecule has 0 radical (unpaired) electrons. The van der Waals surface area contributed by atoms with Gasteiger partial charge in [-0.05, 0) is 41.0 Å². The van der Waals surface area contributed by atoms with Gasteiger partial charge in [-0.3, -0.25) is 19.1 Å². The molecule has 6 aromatic rings. The Balaban J connectivity index is 1.21. The van der Waals surface area contributed by atoms with Crippen LogP contribution in [0.4, 0.5) is 5.82 Å². The molecule has 12 heteroatoms. The Labute approximate surface area is 294 Å². The second kappa shape index (κ2) is 14.9. The number of imidazole rings is 1. The lowest BCUT2D eigenvalue weighted by Gasteiger charge is -2.41. The molecule has 2 N–H and O–H groups in total. The van der Waals surface area contributed by atoms with Crippen molar-refractivity contribution in [2.75, 3.05) is 38.7 Å². The van der Waals surface area contributed by atoms with E-state index in [1.807, 2.05) is 95.9 Å². The molecule has 3 heterocycles. The summed E-state index contributed by atoms with van der Waals surface area (Å²) in [6.07, 6.45) is 1.69. The Morgan fingerprint density at radius 3 is 2.10 bits per heavy atom. The van der Waals surface area contributed by atoms with Crippen molar-refractivity contribution in [1.82, 2.24) is 24.4 Å². The van der Waals surface area contributed by atoms with Crippen molar-refractivity contribution in [2.45, 2.75) is 17.9 Å². The van der Waals surface area contributed by atoms with Crippen molar-refractivity contribution in [3.8, 4) is 5.75 Å². The van der Waals surface area contributed by atoms with Crippen molar-refractivity contribution in [1.29, 1.82) is 0 Å². The zero-order valence-corrected chi connectivity index (χ0v) is 27.8. The van der Waals surface area contributed by atoms with Crippen LogP contribution in [0, 0.1) is 0 Å². The minimum Gasteiger partial charge on any atom is -0.497 e. The first-order chi connectivity index (χ1) is 24.9. The number of benzene rings is 4. The molecule has 2 aromatic heterocycles. The minimum atomic E-state index is -1.04. The van der Waals surface area contributed by atoms with Crippen LogP contribution in [0.25, 0.3) is 11.2 Å². The fraction of sp³-hybridized carbons (Fsp3) is 0.205. The quantitative estimate of drug-likeness (QED) is 0.162. The van der Waals surface area contributed by atoms with Crippen LogP contribution in [0.5, 0.6) is 5.75 Å². The number of rotatable bonds is 12. The molecular weight excluding hydrogens is 648 g/mol. The maximum atomic E-state index is 12.9. The Morgan fingerprint density at radius 2 is 1.47 bits per heavy atom. The van der Waals surface area contributed by atoms with E-state index in [1.165, 1.54) is 6.33 Å². The molecule has 0 bridgehead atoms. The summed E-state index contributed by atoms with van der Waals surface area (Å²) in [6, 6.07) is 36.6. The van der Waals surface area contributed by atoms with Crippen molar-refractivity contribution in [3.63, 3.8) is 0 Å². The van der Waals surface area contributed by atoms with Gasteiger partial charge in [-0.2, -0.15) is 0 Å². The van der Waals surface area contributed by atoms with Gasteiger partial charge >= 0.3 is 5.97 Å². The lowest BCUT2D eigenvalue weighted by atomic mass is 9.80. The summed E-state index contributed by atoms with van der Waals surface area (Å²) in [5, 5.41) is 12.6. The number of nitrogens with one attached hydrogen (secondary N) is 1. The van der Waals surface area contributed by atoms with Crippen molar-refractivity contribution in [2.24, 2.45) is 0 Å². The third-order valence-electron chi connectivity index (χ3n) is 8.86. The molecule has 0 spiro atoms. The van der Waals surface area contributed by atoms with E-state index >= 15 is 0 Å². The topological polar surface area (TPSA) is 141 Å². The number of amides is 1. The van der Waals surface area contributed by atoms with Gasteiger partial charge in [-0.15, -0.1) is 0 Å². The molecule has 1 saturated heterocycles. The Bertz CT molecular complexity index is 2050. The zero-order chi connectivity index (χ0) is 35.2. The number of hydrogen-bond acceptors (Lipinski definition) is 9. The van der Waals surface area contributed by atoms with Crippen molar-refractivity contribution in [3.05, 3.63) is 150 Å². The van der Waals surface area contributed by atoms with Gasteiger partial charge in [0.1, 0.15) is 23.9 Å². The van der Waals surface area contributed by atoms with Crippen molar-refractivity contribution >= 4 is 28.9 Å². The molecule has 1 amide bonds. The first-order valence-electron chi connectivity index (χ1n) is 16.5. The molecule has 4 aromatic carbocycles. The van der Waals surface area contributed by atoms with Crippen LogP contribution < -0.4 is 10.1 Å². The van der Waals surface area contributed by atoms with Crippen LogP contribution in [-0.4, -0.2) is 80.9 Å². The number of aromatic nitrogens is 4. The largest absolute Gasteiger partial charge is 0.497 e. The number of carboxylic acids is 1. The van der Waals surface area contributed by atoms with Crippen LogP contribution in [0.15, 0.2) is 128 Å². The Hall–Kier alpha value is -5.95. The van der Waals surface area contributed by atoms with E-state index in [4.69, 9.17) is 14.2 Å². The highest BCUT2D eigenvalue weighted by molar-refractivity contribution is 6.06. The molecule has 2 unspecified atom stereocenters. The number of carboxylic acid groups (broad SMARTS) is 1. The van der Waals surface area contributed by atoms with E-state index in [1.54, 1.807) is 42.3 Å². The molecule has 0 saturated carbocycles. The zero-order valence-electron chi connectivity index (χ0n) is 27.8. The summed E-state index contributed by atoms with van der Waals surface area (Å²) >= 11 is 0. The lowest BCUT2D eigenvalue weighted by Crippen LogP contribution is -2.50. The van der Waals surface area contributed by atoms with E-state index in [-0.39, 0.29) is 31.4 Å². The number of anilines is 1. The molecule has 0 aliphatic carbocycles. The number of hydrogen-bond donors (Lipinski definition) is 2. The number of fused-ring (bicyclic) bond motifs is 1. The number of carbonyl (C=O) groups excluding carboxylic acids is 1. The fourth-order valence-electron chi connectivity index (χ4n) is 6.52. The van der Waals surface area contributed by atoms with Crippen LogP contribution >= 0.6 is 0 Å². The number of methoxy groups -OCH3 is 1. The smallest absolute Gasteiger partial charge is 0.317 e. The molecular formula is C39H36N6O6. The standard InChI is InChI=1S/C39H36N6O6/c1-49-31-19-17-30(18-20-31)39(28-13-7-3-8-14-28,29-15-9-4-10-16-29)50-24-32-21-44(23-34(46)47)22-33(51-32)45-26-42-35-36(40-25-41-37(35)45)43-38(48)27-11-5-2-6-12-27/h2-20,25-26,32-33H,21-24H2,1H3,(H,46,47)(H,40,41,43,48). The van der Waals surface area contributed by atoms with Crippen LogP contribution in [-0.2, 0) is 19.9 Å². The number of aliphatic carboxylic acids is 1. The fourth-order valence-corrected chi connectivity index (χ4v) is 6.52. The predicted octanol–water partition coefficient (Wildman–Crippen LogP) is 5.38. The first kappa shape index (κ1) is 33.5. The monoisotopic (exact) mass is 684 g/mol. The van der Waals surface area contributed by atoms with Gasteiger partial charge in [-0.25, -0.2) is 15.0 Å². The molecule has 2 atom stereocenters. The molecule has 51 heavy (non-hydrogen) atoms. The number of morpholine rings is 1. The van der Waals surface area contributed by atoms with Gasteiger partial charge in [0.05, 0.1) is 32.7 Å². The summed E-state index contributed by atoms with van der Waals surface area (Å²) in [6.45, 7) is 0.482. The second-order valence-electron chi connectivity index (χ2n) is 12.1. The van der Waals surface area contributed by atoms with Gasteiger partial charge in [0.25, 0.3) is 5.91 Å². The van der Waals surface area contributed by atoms with Crippen molar-refractivity contribution < 1.29 is 28.9 Å². The Kier molecular flexibility index (Phi) is 9.79. The SMILES string of the molecule is COc1ccc(C(OCC2CN(CC(=O)O)CC(n3cnc4c(NC(=O)c5ccccc5)ncnc43)O2)(c2ccccc2)c2ccccc2)cc1. The first-order valence-corrected chi connectivity index (χ1v) is 16.5. The third-order valence-corrected chi connectivity index (χ3v) is 8.86. The third kappa shape index (κ3) is 7.06. The summed E-state index contributed by atoms with van der Waals surface area (Å²) in [5.41, 5.74) is 2.96. The number of nitrogens with zero attached hydrogens (tertiary/aromatic N) is 5. The molecule has 1 fully saturated rings. The average Bonchev–Trinajstić information content (AvgIpc) is 3.62. The normalized spacial score (nSPS) is 16.5. The highest BCUT2D eigenvalue weighted by Gasteiger charge is 2.40. The van der Waals surface area contributed by atoms with E-state index in [0.29, 0.717) is 23.3 Å². The molecule has 12 nitrogen and oxygen atoms in total. The lowest BCUT2D eigenvalue weighted by molar-refractivity contribution is -0.162. The second-order valence-corrected chi connectivity index (χ2v) is 12.1. The summed E-state index contributed by atoms with van der Waals surface area (Å²) in [4.78, 5) is 40.0. The number of ether oxygens (including phenoxy) is 3. The molecule has 1 aliphatic heterocycles.